The van der Waals surface area contributed by atoms with E-state index in [9.17, 15) is 13.2 Å². The van der Waals surface area contributed by atoms with Crippen molar-refractivity contribution < 1.29 is 18.3 Å². The first-order chi connectivity index (χ1) is 10.5. The molecule has 1 aliphatic rings. The second-order valence-corrected chi connectivity index (χ2v) is 7.38. The van der Waals surface area contributed by atoms with Gasteiger partial charge < -0.3 is 5.11 Å². The second kappa shape index (κ2) is 7.56. The maximum absolute atomic E-state index is 12.6. The molecule has 1 heterocycles. The number of carbonyl (C=O) groups is 1. The van der Waals surface area contributed by atoms with Crippen LogP contribution in [0.1, 0.15) is 31.2 Å². The molecule has 2 rings (SSSR count). The Morgan fingerprint density at radius 2 is 2.00 bits per heavy atom. The van der Waals surface area contributed by atoms with E-state index < -0.39 is 16.0 Å². The monoisotopic (exact) mass is 323 g/mol. The zero-order chi connectivity index (χ0) is 16.0. The number of benzene rings is 1. The minimum atomic E-state index is -3.33. The van der Waals surface area contributed by atoms with E-state index in [0.717, 1.165) is 18.4 Å². The van der Waals surface area contributed by atoms with Gasteiger partial charge in [-0.2, -0.15) is 4.31 Å². The molecule has 0 aliphatic carbocycles. The molecule has 0 spiro atoms. The molecule has 0 saturated carbocycles. The molecule has 1 fully saturated rings. The van der Waals surface area contributed by atoms with Crippen molar-refractivity contribution in [3.05, 3.63) is 48.0 Å². The molecule has 0 radical (unpaired) electrons. The Hall–Kier alpha value is -1.66. The summed E-state index contributed by atoms with van der Waals surface area (Å²) in [5.41, 5.74) is 0.787. The number of sulfonamides is 1. The van der Waals surface area contributed by atoms with Crippen LogP contribution < -0.4 is 0 Å². The summed E-state index contributed by atoms with van der Waals surface area (Å²) in [4.78, 5) is 10.5. The number of hydrogen-bond donors (Lipinski definition) is 1. The van der Waals surface area contributed by atoms with Crippen molar-refractivity contribution in [2.45, 2.75) is 37.5 Å². The van der Waals surface area contributed by atoms with Crippen molar-refractivity contribution in [3.63, 3.8) is 0 Å². The first-order valence-electron chi connectivity index (χ1n) is 7.39. The summed E-state index contributed by atoms with van der Waals surface area (Å²) in [5, 5.41) is 8.59. The van der Waals surface area contributed by atoms with Crippen molar-refractivity contribution in [3.8, 4) is 0 Å². The highest BCUT2D eigenvalue weighted by molar-refractivity contribution is 7.88. The molecule has 120 valence electrons. The number of hydrogen-bond acceptors (Lipinski definition) is 3. The second-order valence-electron chi connectivity index (χ2n) is 5.45. The maximum Gasteiger partial charge on any atom is 0.307 e. The Morgan fingerprint density at radius 3 is 2.68 bits per heavy atom. The molecule has 5 nitrogen and oxygen atoms in total. The number of rotatable bonds is 7. The molecule has 1 N–H and O–H groups in total. The Balaban J connectivity index is 1.99. The Labute approximate surface area is 131 Å². The van der Waals surface area contributed by atoms with Gasteiger partial charge in [0, 0.05) is 12.6 Å². The van der Waals surface area contributed by atoms with Crippen molar-refractivity contribution in [2.24, 2.45) is 0 Å². The molecule has 1 aromatic carbocycles. The minimum Gasteiger partial charge on any atom is -0.481 e. The SMILES string of the molecule is O=C(O)CC=CCC1CCCN1S(=O)(=O)Cc1ccccc1. The lowest BCUT2D eigenvalue weighted by Crippen LogP contribution is -2.36. The Bertz CT molecular complexity index is 625. The van der Waals surface area contributed by atoms with E-state index in [0.29, 0.717) is 13.0 Å². The van der Waals surface area contributed by atoms with E-state index in [2.05, 4.69) is 0 Å². The molecule has 0 amide bonds. The third kappa shape index (κ3) is 4.68. The van der Waals surface area contributed by atoms with Gasteiger partial charge in [0.2, 0.25) is 10.0 Å². The fraction of sp³-hybridized carbons (Fsp3) is 0.438. The molecular weight excluding hydrogens is 302 g/mol. The van der Waals surface area contributed by atoms with Gasteiger partial charge in [-0.15, -0.1) is 0 Å². The zero-order valence-electron chi connectivity index (χ0n) is 12.4. The van der Waals surface area contributed by atoms with Crippen LogP contribution >= 0.6 is 0 Å². The van der Waals surface area contributed by atoms with Crippen LogP contribution in [-0.4, -0.2) is 36.4 Å². The molecule has 0 aromatic heterocycles. The molecule has 22 heavy (non-hydrogen) atoms. The molecular formula is C16H21NO4S. The maximum atomic E-state index is 12.6. The van der Waals surface area contributed by atoms with E-state index >= 15 is 0 Å². The van der Waals surface area contributed by atoms with E-state index in [1.165, 1.54) is 0 Å². The van der Waals surface area contributed by atoms with Gasteiger partial charge in [0.15, 0.2) is 0 Å². The fourth-order valence-electron chi connectivity index (χ4n) is 2.72. The van der Waals surface area contributed by atoms with Crippen LogP contribution in [-0.2, 0) is 20.6 Å². The average molecular weight is 323 g/mol. The van der Waals surface area contributed by atoms with Gasteiger partial charge in [0.25, 0.3) is 0 Å². The quantitative estimate of drug-likeness (QED) is 0.782. The molecule has 6 heteroatoms. The van der Waals surface area contributed by atoms with Gasteiger partial charge in [-0.25, -0.2) is 8.42 Å². The van der Waals surface area contributed by atoms with Crippen LogP contribution in [0.2, 0.25) is 0 Å². The number of carboxylic acid groups (broad SMARTS) is 1. The van der Waals surface area contributed by atoms with Crippen molar-refractivity contribution in [1.82, 2.24) is 4.31 Å². The summed E-state index contributed by atoms with van der Waals surface area (Å²) in [6, 6.07) is 9.10. The average Bonchev–Trinajstić information content (AvgIpc) is 2.93. The largest absolute Gasteiger partial charge is 0.481 e. The molecule has 1 aromatic rings. The van der Waals surface area contributed by atoms with E-state index in [1.807, 2.05) is 30.3 Å². The smallest absolute Gasteiger partial charge is 0.307 e. The molecule has 0 bridgehead atoms. The normalized spacial score (nSPS) is 19.7. The lowest BCUT2D eigenvalue weighted by Gasteiger charge is -2.23. The summed E-state index contributed by atoms with van der Waals surface area (Å²) in [6.07, 6.45) is 5.58. The van der Waals surface area contributed by atoms with Gasteiger partial charge in [-0.05, 0) is 24.8 Å². The van der Waals surface area contributed by atoms with Crippen LogP contribution in [0.25, 0.3) is 0 Å². The van der Waals surface area contributed by atoms with E-state index in [4.69, 9.17) is 5.11 Å². The van der Waals surface area contributed by atoms with Gasteiger partial charge >= 0.3 is 5.97 Å². The van der Waals surface area contributed by atoms with Crippen molar-refractivity contribution >= 4 is 16.0 Å². The lowest BCUT2D eigenvalue weighted by atomic mass is 10.1. The van der Waals surface area contributed by atoms with Crippen LogP contribution in [0, 0.1) is 0 Å². The third-order valence-corrected chi connectivity index (χ3v) is 5.63. The van der Waals surface area contributed by atoms with Gasteiger partial charge in [-0.3, -0.25) is 4.79 Å². The highest BCUT2D eigenvalue weighted by atomic mass is 32.2. The van der Waals surface area contributed by atoms with Gasteiger partial charge in [0.1, 0.15) is 0 Å². The molecule has 1 atom stereocenters. The fourth-order valence-corrected chi connectivity index (χ4v) is 4.55. The topological polar surface area (TPSA) is 74.7 Å². The van der Waals surface area contributed by atoms with Crippen molar-refractivity contribution in [2.75, 3.05) is 6.54 Å². The van der Waals surface area contributed by atoms with E-state index in [1.54, 1.807) is 16.5 Å². The Morgan fingerprint density at radius 1 is 1.27 bits per heavy atom. The van der Waals surface area contributed by atoms with Crippen LogP contribution in [0.4, 0.5) is 0 Å². The summed E-state index contributed by atoms with van der Waals surface area (Å²) < 4.78 is 26.7. The predicted molar refractivity (Wildman–Crippen MR) is 84.8 cm³/mol. The predicted octanol–water partition coefficient (Wildman–Crippen LogP) is 2.40. The van der Waals surface area contributed by atoms with Crippen molar-refractivity contribution in [1.29, 1.82) is 0 Å². The standard InChI is InChI=1S/C16H21NO4S/c18-16(19)11-5-4-9-15-10-6-12-17(15)22(20,21)13-14-7-2-1-3-8-14/h1-5,7-8,15H,6,9-13H2,(H,18,19). The summed E-state index contributed by atoms with van der Waals surface area (Å²) in [5.74, 6) is -0.861. The summed E-state index contributed by atoms with van der Waals surface area (Å²) in [7, 11) is -3.33. The van der Waals surface area contributed by atoms with E-state index in [-0.39, 0.29) is 18.2 Å². The highest BCUT2D eigenvalue weighted by Gasteiger charge is 2.33. The third-order valence-electron chi connectivity index (χ3n) is 3.74. The summed E-state index contributed by atoms with van der Waals surface area (Å²) >= 11 is 0. The van der Waals surface area contributed by atoms with Crippen LogP contribution in [0.3, 0.4) is 0 Å². The highest BCUT2D eigenvalue weighted by Crippen LogP contribution is 2.26. The first-order valence-corrected chi connectivity index (χ1v) is 9.00. The number of aliphatic carboxylic acids is 1. The van der Waals surface area contributed by atoms with Crippen LogP contribution in [0.15, 0.2) is 42.5 Å². The molecule has 1 saturated heterocycles. The minimum absolute atomic E-state index is 0.0170. The Kier molecular flexibility index (Phi) is 5.74. The number of carboxylic acids is 1. The van der Waals surface area contributed by atoms with Crippen LogP contribution in [0.5, 0.6) is 0 Å². The first kappa shape index (κ1) is 16.7. The zero-order valence-corrected chi connectivity index (χ0v) is 13.2. The van der Waals surface area contributed by atoms with Gasteiger partial charge in [0.05, 0.1) is 12.2 Å². The lowest BCUT2D eigenvalue weighted by molar-refractivity contribution is -0.136. The number of nitrogens with zero attached hydrogens (tertiary/aromatic N) is 1. The summed E-state index contributed by atoms with van der Waals surface area (Å²) in [6.45, 7) is 0.548. The van der Waals surface area contributed by atoms with Gasteiger partial charge in [-0.1, -0.05) is 42.5 Å². The molecule has 1 aliphatic heterocycles. The molecule has 1 unspecified atom stereocenters.